The van der Waals surface area contributed by atoms with Crippen LogP contribution in [0.25, 0.3) is 0 Å². The number of unbranched alkanes of at least 4 members (excludes halogenated alkanes) is 3. The van der Waals surface area contributed by atoms with Gasteiger partial charge in [-0.2, -0.15) is 0 Å². The van der Waals surface area contributed by atoms with Crippen LogP contribution >= 0.6 is 11.8 Å². The van der Waals surface area contributed by atoms with Gasteiger partial charge in [-0.15, -0.1) is 0 Å². The van der Waals surface area contributed by atoms with Crippen LogP contribution in [0.2, 0.25) is 0 Å². The first-order valence-electron chi connectivity index (χ1n) is 13.0. The summed E-state index contributed by atoms with van der Waals surface area (Å²) in [5.41, 5.74) is 3.60. The number of para-hydroxylation sites is 2. The van der Waals surface area contributed by atoms with Crippen LogP contribution in [-0.2, 0) is 9.59 Å². The Labute approximate surface area is 223 Å². The van der Waals surface area contributed by atoms with Crippen LogP contribution in [0.5, 0.6) is 5.75 Å². The summed E-state index contributed by atoms with van der Waals surface area (Å²) in [7, 11) is 1.59. The number of carbonyl (C=O) groups excluding carboxylic acids is 2. The van der Waals surface area contributed by atoms with Gasteiger partial charge in [0.1, 0.15) is 5.75 Å². The van der Waals surface area contributed by atoms with Crippen molar-refractivity contribution in [2.75, 3.05) is 30.0 Å². The summed E-state index contributed by atoms with van der Waals surface area (Å²) in [4.78, 5) is 33.3. The van der Waals surface area contributed by atoms with E-state index in [0.717, 1.165) is 60.8 Å². The summed E-state index contributed by atoms with van der Waals surface area (Å²) < 4.78 is 5.44. The molecule has 1 fully saturated rings. The van der Waals surface area contributed by atoms with E-state index in [0.29, 0.717) is 29.1 Å². The van der Waals surface area contributed by atoms with Gasteiger partial charge in [-0.05, 0) is 49.6 Å². The zero-order valence-electron chi connectivity index (χ0n) is 21.9. The number of aliphatic imine (C=N–C) groups is 1. The number of carbonyl (C=O) groups is 2. The highest BCUT2D eigenvalue weighted by molar-refractivity contribution is 8.13. The first-order valence-corrected chi connectivity index (χ1v) is 14.0. The van der Waals surface area contributed by atoms with Crippen molar-refractivity contribution in [3.05, 3.63) is 65.4 Å². The number of amidine groups is 1. The van der Waals surface area contributed by atoms with Crippen LogP contribution in [0, 0.1) is 0 Å². The standard InChI is InChI=1S/C29H36N4O3S/c1-4-5-6-7-16-25(34)31-22-13-10-12-21(19-22)27-26(20(2)30-29-33(27)17-11-18-37-29)28(35)32-23-14-8-9-15-24(23)36-3/h8-10,12-15,19,27H,4-7,11,16-18H2,1-3H3,(H,31,34)(H,32,35). The van der Waals surface area contributed by atoms with Crippen LogP contribution in [0.15, 0.2) is 64.8 Å². The number of nitrogens with zero attached hydrogens (tertiary/aromatic N) is 2. The molecule has 0 aromatic heterocycles. The summed E-state index contributed by atoms with van der Waals surface area (Å²) in [6.45, 7) is 4.86. The molecule has 1 unspecified atom stereocenters. The highest BCUT2D eigenvalue weighted by Gasteiger charge is 2.37. The van der Waals surface area contributed by atoms with E-state index in [1.54, 1.807) is 18.9 Å². The second kappa shape index (κ2) is 12.8. The Morgan fingerprint density at radius 2 is 1.95 bits per heavy atom. The molecule has 0 radical (unpaired) electrons. The van der Waals surface area contributed by atoms with E-state index in [2.05, 4.69) is 22.5 Å². The monoisotopic (exact) mass is 520 g/mol. The normalized spacial score (nSPS) is 17.1. The van der Waals surface area contributed by atoms with E-state index in [1.807, 2.05) is 55.5 Å². The molecule has 1 atom stereocenters. The number of allylic oxidation sites excluding steroid dienone is 1. The molecule has 7 nitrogen and oxygen atoms in total. The van der Waals surface area contributed by atoms with Crippen molar-refractivity contribution >= 4 is 40.1 Å². The Balaban J connectivity index is 1.62. The third-order valence-electron chi connectivity index (χ3n) is 6.60. The maximum absolute atomic E-state index is 13.7. The van der Waals surface area contributed by atoms with Crippen molar-refractivity contribution in [2.24, 2.45) is 4.99 Å². The number of fused-ring (bicyclic) bond motifs is 1. The Morgan fingerprint density at radius 1 is 1.11 bits per heavy atom. The minimum absolute atomic E-state index is 0.0218. The first-order chi connectivity index (χ1) is 18.0. The van der Waals surface area contributed by atoms with Crippen LogP contribution in [-0.4, -0.2) is 41.3 Å². The summed E-state index contributed by atoms with van der Waals surface area (Å²) in [5, 5.41) is 7.04. The van der Waals surface area contributed by atoms with Crippen molar-refractivity contribution < 1.29 is 14.3 Å². The molecule has 2 amide bonds. The van der Waals surface area contributed by atoms with E-state index < -0.39 is 0 Å². The molecule has 0 spiro atoms. The topological polar surface area (TPSA) is 83.0 Å². The Hall–Kier alpha value is -3.26. The average Bonchev–Trinajstić information content (AvgIpc) is 2.90. The number of anilines is 2. The number of methoxy groups -OCH3 is 1. The van der Waals surface area contributed by atoms with Gasteiger partial charge in [0.05, 0.1) is 30.1 Å². The average molecular weight is 521 g/mol. The Morgan fingerprint density at radius 3 is 2.76 bits per heavy atom. The minimum atomic E-state index is -0.309. The molecule has 196 valence electrons. The lowest BCUT2D eigenvalue weighted by Crippen LogP contribution is -2.43. The van der Waals surface area contributed by atoms with E-state index in [9.17, 15) is 9.59 Å². The zero-order chi connectivity index (χ0) is 26.2. The molecule has 1 saturated heterocycles. The number of hydrogen-bond acceptors (Lipinski definition) is 6. The smallest absolute Gasteiger partial charge is 0.255 e. The van der Waals surface area contributed by atoms with Gasteiger partial charge >= 0.3 is 0 Å². The highest BCUT2D eigenvalue weighted by Crippen LogP contribution is 2.40. The molecule has 0 saturated carbocycles. The first kappa shape index (κ1) is 26.8. The molecule has 2 aliphatic rings. The van der Waals surface area contributed by atoms with Gasteiger partial charge in [-0.1, -0.05) is 62.2 Å². The largest absolute Gasteiger partial charge is 0.495 e. The van der Waals surface area contributed by atoms with Gasteiger partial charge in [0, 0.05) is 24.4 Å². The molecule has 4 rings (SSSR count). The molecule has 0 bridgehead atoms. The van der Waals surface area contributed by atoms with E-state index in [1.165, 1.54) is 0 Å². The zero-order valence-corrected chi connectivity index (χ0v) is 22.7. The molecule has 37 heavy (non-hydrogen) atoms. The SMILES string of the molecule is CCCCCCC(=O)Nc1cccc(C2C(C(=O)Nc3ccccc3OC)=C(C)N=C3SCCCN32)c1. The summed E-state index contributed by atoms with van der Waals surface area (Å²) in [6, 6.07) is 14.9. The molecule has 2 N–H and O–H groups in total. The van der Waals surface area contributed by atoms with Crippen LogP contribution < -0.4 is 15.4 Å². The van der Waals surface area contributed by atoms with Crippen LogP contribution in [0.3, 0.4) is 0 Å². The van der Waals surface area contributed by atoms with Crippen molar-refractivity contribution in [3.8, 4) is 5.75 Å². The van der Waals surface area contributed by atoms with Gasteiger partial charge in [0.25, 0.3) is 5.91 Å². The molecule has 2 aromatic carbocycles. The number of rotatable bonds is 10. The van der Waals surface area contributed by atoms with Gasteiger partial charge < -0.3 is 20.3 Å². The van der Waals surface area contributed by atoms with Crippen LogP contribution in [0.1, 0.15) is 64.0 Å². The molecule has 0 aliphatic carbocycles. The number of hydrogen-bond donors (Lipinski definition) is 2. The predicted octanol–water partition coefficient (Wildman–Crippen LogP) is 6.37. The fraction of sp³-hybridized carbons (Fsp3) is 0.414. The number of thioether (sulfide) groups is 1. The van der Waals surface area contributed by atoms with Crippen molar-refractivity contribution in [3.63, 3.8) is 0 Å². The van der Waals surface area contributed by atoms with E-state index in [4.69, 9.17) is 9.73 Å². The minimum Gasteiger partial charge on any atom is -0.495 e. The fourth-order valence-electron chi connectivity index (χ4n) is 4.77. The van der Waals surface area contributed by atoms with Crippen LogP contribution in [0.4, 0.5) is 11.4 Å². The second-order valence-corrected chi connectivity index (χ2v) is 10.4. The third kappa shape index (κ3) is 6.55. The second-order valence-electron chi connectivity index (χ2n) is 9.33. The lowest BCUT2D eigenvalue weighted by molar-refractivity contribution is -0.116. The number of nitrogens with one attached hydrogen (secondary N) is 2. The van der Waals surface area contributed by atoms with Gasteiger partial charge in [-0.3, -0.25) is 9.59 Å². The molecular formula is C29H36N4O3S. The lowest BCUT2D eigenvalue weighted by atomic mass is 9.93. The lowest BCUT2D eigenvalue weighted by Gasteiger charge is -2.41. The Kier molecular flexibility index (Phi) is 9.28. The van der Waals surface area contributed by atoms with Crippen molar-refractivity contribution in [1.29, 1.82) is 0 Å². The molecule has 2 heterocycles. The summed E-state index contributed by atoms with van der Waals surface area (Å²) in [6.07, 6.45) is 5.77. The van der Waals surface area contributed by atoms with Gasteiger partial charge in [-0.25, -0.2) is 4.99 Å². The number of amides is 2. The van der Waals surface area contributed by atoms with Gasteiger partial charge in [0.2, 0.25) is 5.91 Å². The summed E-state index contributed by atoms with van der Waals surface area (Å²) >= 11 is 1.72. The predicted molar refractivity (Wildman–Crippen MR) is 152 cm³/mol. The maximum atomic E-state index is 13.7. The number of ether oxygens (including phenoxy) is 1. The van der Waals surface area contributed by atoms with E-state index >= 15 is 0 Å². The highest BCUT2D eigenvalue weighted by atomic mass is 32.2. The summed E-state index contributed by atoms with van der Waals surface area (Å²) in [5.74, 6) is 1.42. The number of benzene rings is 2. The third-order valence-corrected chi connectivity index (χ3v) is 7.68. The van der Waals surface area contributed by atoms with Crippen molar-refractivity contribution in [1.82, 2.24) is 4.90 Å². The molecule has 8 heteroatoms. The maximum Gasteiger partial charge on any atom is 0.255 e. The van der Waals surface area contributed by atoms with Crippen molar-refractivity contribution in [2.45, 2.75) is 58.4 Å². The van der Waals surface area contributed by atoms with E-state index in [-0.39, 0.29) is 17.9 Å². The fourth-order valence-corrected chi connectivity index (χ4v) is 5.79. The van der Waals surface area contributed by atoms with Gasteiger partial charge in [0.15, 0.2) is 5.17 Å². The molecule has 2 aliphatic heterocycles. The quantitative estimate of drug-likeness (QED) is 0.356. The Bertz CT molecular complexity index is 1190. The molecule has 2 aromatic rings. The molecular weight excluding hydrogens is 484 g/mol.